The zero-order valence-corrected chi connectivity index (χ0v) is 10.6. The van der Waals surface area contributed by atoms with E-state index in [0.717, 1.165) is 0 Å². The number of rotatable bonds is 5. The second kappa shape index (κ2) is 6.13. The van der Waals surface area contributed by atoms with Crippen molar-refractivity contribution in [3.63, 3.8) is 0 Å². The van der Waals surface area contributed by atoms with E-state index in [1.807, 2.05) is 36.3 Å². The molecule has 0 fully saturated rings. The van der Waals surface area contributed by atoms with E-state index in [-0.39, 0.29) is 11.9 Å². The van der Waals surface area contributed by atoms with Gasteiger partial charge in [0, 0.05) is 23.2 Å². The predicted molar refractivity (Wildman–Crippen MR) is 65.3 cm³/mol. The summed E-state index contributed by atoms with van der Waals surface area (Å²) in [5.74, 6) is 0.528. The van der Waals surface area contributed by atoms with Gasteiger partial charge in [-0.1, -0.05) is 6.07 Å². The van der Waals surface area contributed by atoms with Crippen LogP contribution >= 0.6 is 22.9 Å². The van der Waals surface area contributed by atoms with Crippen LogP contribution in [0.2, 0.25) is 0 Å². The number of amides is 1. The number of hydrogen-bond donors (Lipinski definition) is 0. The minimum absolute atomic E-state index is 0.133. The summed E-state index contributed by atoms with van der Waals surface area (Å²) in [5, 5.41) is 2.03. The maximum Gasteiger partial charge on any atom is 0.224 e. The molecule has 0 saturated carbocycles. The average Bonchev–Trinajstić information content (AvgIpc) is 2.66. The van der Waals surface area contributed by atoms with Gasteiger partial charge in [-0.25, -0.2) is 0 Å². The lowest BCUT2D eigenvalue weighted by Gasteiger charge is -2.26. The van der Waals surface area contributed by atoms with Crippen LogP contribution in [0.15, 0.2) is 17.5 Å². The van der Waals surface area contributed by atoms with Crippen LogP contribution in [0.5, 0.6) is 0 Å². The molecule has 15 heavy (non-hydrogen) atoms. The fourth-order valence-corrected chi connectivity index (χ4v) is 2.22. The number of nitrogens with zero attached hydrogens (tertiary/aromatic N) is 1. The Hall–Kier alpha value is -0.540. The van der Waals surface area contributed by atoms with Crippen molar-refractivity contribution in [3.8, 4) is 0 Å². The molecule has 0 saturated heterocycles. The molecule has 0 N–H and O–H groups in total. The van der Waals surface area contributed by atoms with Gasteiger partial charge >= 0.3 is 0 Å². The fraction of sp³-hybridized carbons (Fsp3) is 0.545. The number of hydrogen-bond acceptors (Lipinski definition) is 2. The first-order valence-corrected chi connectivity index (χ1v) is 6.44. The van der Waals surface area contributed by atoms with Crippen LogP contribution in [-0.2, 0) is 11.3 Å². The Labute approximate surface area is 99.9 Å². The highest BCUT2D eigenvalue weighted by Gasteiger charge is 2.16. The van der Waals surface area contributed by atoms with E-state index in [9.17, 15) is 4.79 Å². The minimum Gasteiger partial charge on any atom is -0.335 e. The number of carbonyl (C=O) groups is 1. The maximum absolute atomic E-state index is 11.8. The normalized spacial score (nSPS) is 10.7. The number of thiophene rings is 1. The van der Waals surface area contributed by atoms with Gasteiger partial charge in [0.15, 0.2) is 0 Å². The number of halogens is 1. The lowest BCUT2D eigenvalue weighted by molar-refractivity contribution is -0.133. The predicted octanol–water partition coefficient (Wildman–Crippen LogP) is 3.11. The van der Waals surface area contributed by atoms with Crippen LogP contribution in [0.4, 0.5) is 0 Å². The van der Waals surface area contributed by atoms with E-state index < -0.39 is 0 Å². The van der Waals surface area contributed by atoms with Crippen LogP contribution in [0, 0.1) is 0 Å². The third-order valence-electron chi connectivity index (χ3n) is 2.16. The molecule has 1 heterocycles. The van der Waals surface area contributed by atoms with Gasteiger partial charge in [0.05, 0.1) is 6.54 Å². The molecule has 1 rings (SSSR count). The van der Waals surface area contributed by atoms with Crippen molar-refractivity contribution in [1.29, 1.82) is 0 Å². The van der Waals surface area contributed by atoms with Gasteiger partial charge in [-0.3, -0.25) is 4.79 Å². The van der Waals surface area contributed by atoms with E-state index in [2.05, 4.69) is 0 Å². The standard InChI is InChI=1S/C11H16ClNOS/c1-9(2)13(11(14)5-6-12)8-10-4-3-7-15-10/h3-4,7,9H,5-6,8H2,1-2H3. The summed E-state index contributed by atoms with van der Waals surface area (Å²) in [5.41, 5.74) is 0. The molecule has 0 bridgehead atoms. The monoisotopic (exact) mass is 245 g/mol. The molecule has 0 aliphatic carbocycles. The molecule has 0 atom stereocenters. The van der Waals surface area contributed by atoms with Crippen LogP contribution in [-0.4, -0.2) is 22.7 Å². The Morgan fingerprint density at radius 3 is 2.80 bits per heavy atom. The Morgan fingerprint density at radius 1 is 1.60 bits per heavy atom. The maximum atomic E-state index is 11.8. The molecule has 1 amide bonds. The second-order valence-electron chi connectivity index (χ2n) is 3.63. The summed E-state index contributed by atoms with van der Waals surface area (Å²) >= 11 is 7.26. The Morgan fingerprint density at radius 2 is 2.33 bits per heavy atom. The summed E-state index contributed by atoms with van der Waals surface area (Å²) in [6.07, 6.45) is 0.422. The highest BCUT2D eigenvalue weighted by atomic mass is 35.5. The lowest BCUT2D eigenvalue weighted by atomic mass is 10.2. The molecule has 4 heteroatoms. The molecular formula is C11H16ClNOS. The van der Waals surface area contributed by atoms with Crippen LogP contribution in [0.3, 0.4) is 0 Å². The summed E-state index contributed by atoms with van der Waals surface area (Å²) in [7, 11) is 0. The van der Waals surface area contributed by atoms with Crippen molar-refractivity contribution in [2.45, 2.75) is 32.9 Å². The lowest BCUT2D eigenvalue weighted by Crippen LogP contribution is -2.36. The topological polar surface area (TPSA) is 20.3 Å². The van der Waals surface area contributed by atoms with E-state index in [0.29, 0.717) is 18.8 Å². The SMILES string of the molecule is CC(C)N(Cc1cccs1)C(=O)CCCl. The molecule has 0 unspecified atom stereocenters. The fourth-order valence-electron chi connectivity index (χ4n) is 1.35. The number of alkyl halides is 1. The molecule has 84 valence electrons. The van der Waals surface area contributed by atoms with Gasteiger partial charge in [-0.15, -0.1) is 22.9 Å². The molecule has 2 nitrogen and oxygen atoms in total. The van der Waals surface area contributed by atoms with E-state index >= 15 is 0 Å². The molecule has 0 radical (unpaired) electrons. The summed E-state index contributed by atoms with van der Waals surface area (Å²) in [6.45, 7) is 4.75. The quantitative estimate of drug-likeness (QED) is 0.730. The zero-order chi connectivity index (χ0) is 11.3. The average molecular weight is 246 g/mol. The van der Waals surface area contributed by atoms with Crippen molar-refractivity contribution in [2.24, 2.45) is 0 Å². The van der Waals surface area contributed by atoms with Crippen LogP contribution < -0.4 is 0 Å². The summed E-state index contributed by atoms with van der Waals surface area (Å²) in [6, 6.07) is 4.28. The minimum atomic E-state index is 0.133. The second-order valence-corrected chi connectivity index (χ2v) is 5.04. The highest BCUT2D eigenvalue weighted by Crippen LogP contribution is 2.14. The van der Waals surface area contributed by atoms with Gasteiger partial charge in [0.1, 0.15) is 0 Å². The van der Waals surface area contributed by atoms with Gasteiger partial charge in [0.25, 0.3) is 0 Å². The first kappa shape index (κ1) is 12.5. The molecule has 0 aliphatic heterocycles. The third kappa shape index (κ3) is 3.84. The summed E-state index contributed by atoms with van der Waals surface area (Å²) < 4.78 is 0. The van der Waals surface area contributed by atoms with Crippen molar-refractivity contribution < 1.29 is 4.79 Å². The van der Waals surface area contributed by atoms with E-state index in [1.165, 1.54) is 4.88 Å². The Balaban J connectivity index is 2.62. The van der Waals surface area contributed by atoms with Gasteiger partial charge in [-0.05, 0) is 25.3 Å². The van der Waals surface area contributed by atoms with E-state index in [4.69, 9.17) is 11.6 Å². The smallest absolute Gasteiger partial charge is 0.224 e. The summed E-state index contributed by atoms with van der Waals surface area (Å²) in [4.78, 5) is 14.8. The van der Waals surface area contributed by atoms with Gasteiger partial charge in [-0.2, -0.15) is 0 Å². The third-order valence-corrected chi connectivity index (χ3v) is 3.21. The first-order valence-electron chi connectivity index (χ1n) is 5.03. The van der Waals surface area contributed by atoms with Gasteiger partial charge < -0.3 is 4.90 Å². The molecule has 0 aromatic carbocycles. The Bertz CT molecular complexity index is 298. The van der Waals surface area contributed by atoms with Crippen LogP contribution in [0.25, 0.3) is 0 Å². The first-order chi connectivity index (χ1) is 7.15. The molecule has 0 aliphatic rings. The van der Waals surface area contributed by atoms with E-state index in [1.54, 1.807) is 11.3 Å². The van der Waals surface area contributed by atoms with Crippen molar-refractivity contribution in [2.75, 3.05) is 5.88 Å². The number of carbonyl (C=O) groups excluding carboxylic acids is 1. The highest BCUT2D eigenvalue weighted by molar-refractivity contribution is 7.09. The molecular weight excluding hydrogens is 230 g/mol. The molecule has 1 aromatic rings. The van der Waals surface area contributed by atoms with Gasteiger partial charge in [0.2, 0.25) is 5.91 Å². The largest absolute Gasteiger partial charge is 0.335 e. The van der Waals surface area contributed by atoms with Crippen molar-refractivity contribution >= 4 is 28.8 Å². The molecule has 0 spiro atoms. The molecule has 1 aromatic heterocycles. The zero-order valence-electron chi connectivity index (χ0n) is 9.07. The van der Waals surface area contributed by atoms with Crippen molar-refractivity contribution in [1.82, 2.24) is 4.90 Å². The van der Waals surface area contributed by atoms with Crippen molar-refractivity contribution in [3.05, 3.63) is 22.4 Å². The Kier molecular flexibility index (Phi) is 5.12. The van der Waals surface area contributed by atoms with Crippen LogP contribution in [0.1, 0.15) is 25.1 Å².